The number of carboxylic acid groups (broad SMARTS) is 1. The molecule has 0 heterocycles. The zero-order chi connectivity index (χ0) is 14.4. The molecule has 0 saturated heterocycles. The molecule has 2 amide bonds. The maximum atomic E-state index is 11.4. The number of nitro groups is 1. The average molecular weight is 267 g/mol. The molecule has 102 valence electrons. The lowest BCUT2D eigenvalue weighted by Gasteiger charge is -2.10. The fraction of sp³-hybridized carbons (Fsp3) is 0.273. The zero-order valence-electron chi connectivity index (χ0n) is 10.1. The molecule has 0 bridgehead atoms. The van der Waals surface area contributed by atoms with Crippen molar-refractivity contribution in [3.8, 4) is 0 Å². The van der Waals surface area contributed by atoms with Gasteiger partial charge in [-0.25, -0.2) is 4.79 Å². The first-order chi connectivity index (χ1) is 8.91. The monoisotopic (exact) mass is 267 g/mol. The summed E-state index contributed by atoms with van der Waals surface area (Å²) in [5.74, 6) is -1.17. The van der Waals surface area contributed by atoms with Gasteiger partial charge in [0.05, 0.1) is 11.5 Å². The number of aliphatic carboxylic acids is 1. The van der Waals surface area contributed by atoms with Gasteiger partial charge < -0.3 is 15.7 Å². The van der Waals surface area contributed by atoms with E-state index in [1.165, 1.54) is 25.1 Å². The van der Waals surface area contributed by atoms with Crippen molar-refractivity contribution in [2.24, 2.45) is 0 Å². The van der Waals surface area contributed by atoms with Crippen molar-refractivity contribution in [3.63, 3.8) is 0 Å². The van der Waals surface area contributed by atoms with E-state index in [1.54, 1.807) is 6.07 Å². The quantitative estimate of drug-likeness (QED) is 0.539. The summed E-state index contributed by atoms with van der Waals surface area (Å²) < 4.78 is 0. The van der Waals surface area contributed by atoms with Crippen LogP contribution in [-0.2, 0) is 11.3 Å². The first-order valence-electron chi connectivity index (χ1n) is 5.41. The highest BCUT2D eigenvalue weighted by molar-refractivity contribution is 5.82. The Morgan fingerprint density at radius 2 is 2.05 bits per heavy atom. The van der Waals surface area contributed by atoms with E-state index < -0.39 is 23.0 Å². The predicted octanol–water partition coefficient (Wildman–Crippen LogP) is 0.867. The van der Waals surface area contributed by atoms with Crippen LogP contribution in [0.5, 0.6) is 0 Å². The maximum Gasteiger partial charge on any atom is 0.325 e. The fourth-order valence-electron chi connectivity index (χ4n) is 1.32. The highest BCUT2D eigenvalue weighted by atomic mass is 16.6. The second kappa shape index (κ2) is 6.34. The maximum absolute atomic E-state index is 11.4. The van der Waals surface area contributed by atoms with Crippen molar-refractivity contribution >= 4 is 17.7 Å². The molecule has 0 aliphatic rings. The number of nitrogens with zero attached hydrogens (tertiary/aromatic N) is 1. The second-order valence-electron chi connectivity index (χ2n) is 3.77. The fourth-order valence-corrected chi connectivity index (χ4v) is 1.32. The first-order valence-corrected chi connectivity index (χ1v) is 5.41. The Bertz CT molecular complexity index is 503. The Morgan fingerprint density at radius 3 is 2.63 bits per heavy atom. The van der Waals surface area contributed by atoms with E-state index in [9.17, 15) is 19.7 Å². The van der Waals surface area contributed by atoms with E-state index in [2.05, 4.69) is 10.6 Å². The van der Waals surface area contributed by atoms with Crippen LogP contribution in [0, 0.1) is 10.1 Å². The number of carbonyl (C=O) groups is 2. The summed E-state index contributed by atoms with van der Waals surface area (Å²) in [7, 11) is 0. The summed E-state index contributed by atoms with van der Waals surface area (Å²) in [6.07, 6.45) is 0. The molecule has 1 aromatic carbocycles. The third-order valence-corrected chi connectivity index (χ3v) is 2.35. The topological polar surface area (TPSA) is 122 Å². The van der Waals surface area contributed by atoms with Crippen LogP contribution in [0.3, 0.4) is 0 Å². The van der Waals surface area contributed by atoms with E-state index in [0.717, 1.165) is 0 Å². The molecule has 3 N–H and O–H groups in total. The van der Waals surface area contributed by atoms with Crippen LogP contribution in [0.15, 0.2) is 24.3 Å². The third-order valence-electron chi connectivity index (χ3n) is 2.35. The molecule has 1 rings (SSSR count). The number of carbonyl (C=O) groups excluding carboxylic acids is 1. The lowest BCUT2D eigenvalue weighted by atomic mass is 10.2. The van der Waals surface area contributed by atoms with Gasteiger partial charge in [0.25, 0.3) is 5.69 Å². The molecule has 19 heavy (non-hydrogen) atoms. The predicted molar refractivity (Wildman–Crippen MR) is 65.6 cm³/mol. The highest BCUT2D eigenvalue weighted by Crippen LogP contribution is 2.16. The molecule has 1 atom stereocenters. The van der Waals surface area contributed by atoms with Crippen molar-refractivity contribution in [2.75, 3.05) is 0 Å². The highest BCUT2D eigenvalue weighted by Gasteiger charge is 2.15. The number of carboxylic acids is 1. The van der Waals surface area contributed by atoms with E-state index in [-0.39, 0.29) is 12.2 Å². The Labute approximate surface area is 108 Å². The van der Waals surface area contributed by atoms with Gasteiger partial charge >= 0.3 is 12.0 Å². The number of rotatable bonds is 5. The van der Waals surface area contributed by atoms with Gasteiger partial charge in [-0.15, -0.1) is 0 Å². The van der Waals surface area contributed by atoms with Gasteiger partial charge in [-0.1, -0.05) is 18.2 Å². The van der Waals surface area contributed by atoms with Crippen molar-refractivity contribution in [1.29, 1.82) is 0 Å². The van der Waals surface area contributed by atoms with Gasteiger partial charge in [0, 0.05) is 11.6 Å². The summed E-state index contributed by atoms with van der Waals surface area (Å²) >= 11 is 0. The van der Waals surface area contributed by atoms with Crippen molar-refractivity contribution in [1.82, 2.24) is 10.6 Å². The minimum atomic E-state index is -1.17. The van der Waals surface area contributed by atoms with Crippen LogP contribution in [0.25, 0.3) is 0 Å². The van der Waals surface area contributed by atoms with E-state index >= 15 is 0 Å². The Kier molecular flexibility index (Phi) is 4.81. The minimum absolute atomic E-state index is 0.0602. The molecule has 8 heteroatoms. The van der Waals surface area contributed by atoms with Gasteiger partial charge in [0.15, 0.2) is 0 Å². The number of nitrogens with one attached hydrogen (secondary N) is 2. The molecule has 1 unspecified atom stereocenters. The normalized spacial score (nSPS) is 11.4. The molecule has 0 aliphatic carbocycles. The molecule has 0 saturated carbocycles. The number of amides is 2. The van der Waals surface area contributed by atoms with Crippen LogP contribution in [0.4, 0.5) is 10.5 Å². The third kappa shape index (κ3) is 4.26. The van der Waals surface area contributed by atoms with E-state index in [1.807, 2.05) is 0 Å². The smallest absolute Gasteiger partial charge is 0.325 e. The second-order valence-corrected chi connectivity index (χ2v) is 3.77. The van der Waals surface area contributed by atoms with Gasteiger partial charge in [-0.3, -0.25) is 14.9 Å². The standard InChI is InChI=1S/C11H13N3O5/c1-7(10(15)16)13-11(17)12-6-8-4-2-3-5-9(8)14(18)19/h2-5,7H,6H2,1H3,(H,15,16)(H2,12,13,17). The molecule has 0 aliphatic heterocycles. The molecule has 0 aromatic heterocycles. The molecule has 1 aromatic rings. The largest absolute Gasteiger partial charge is 0.480 e. The summed E-state index contributed by atoms with van der Waals surface area (Å²) in [5, 5.41) is 23.9. The minimum Gasteiger partial charge on any atom is -0.480 e. The summed E-state index contributed by atoms with van der Waals surface area (Å²) in [6, 6.07) is 4.24. The number of hydrogen-bond donors (Lipinski definition) is 3. The summed E-state index contributed by atoms with van der Waals surface area (Å²) in [6.45, 7) is 1.25. The SMILES string of the molecule is CC(NC(=O)NCc1ccccc1[N+](=O)[O-])C(=O)O. The number of hydrogen-bond acceptors (Lipinski definition) is 4. The molecular weight excluding hydrogens is 254 g/mol. The van der Waals surface area contributed by atoms with Crippen LogP contribution < -0.4 is 10.6 Å². The number of para-hydroxylation sites is 1. The molecule has 0 fully saturated rings. The summed E-state index contributed by atoms with van der Waals surface area (Å²) in [4.78, 5) is 32.1. The van der Waals surface area contributed by atoms with E-state index in [0.29, 0.717) is 5.56 Å². The number of benzene rings is 1. The lowest BCUT2D eigenvalue weighted by molar-refractivity contribution is -0.385. The molecular formula is C11H13N3O5. The Balaban J connectivity index is 2.60. The zero-order valence-corrected chi connectivity index (χ0v) is 10.1. The van der Waals surface area contributed by atoms with Crippen molar-refractivity contribution < 1.29 is 19.6 Å². The van der Waals surface area contributed by atoms with Gasteiger partial charge in [-0.05, 0) is 6.92 Å². The Hall–Kier alpha value is -2.64. The van der Waals surface area contributed by atoms with Crippen LogP contribution >= 0.6 is 0 Å². The summed E-state index contributed by atoms with van der Waals surface area (Å²) in [5.41, 5.74) is 0.236. The van der Waals surface area contributed by atoms with Crippen molar-refractivity contribution in [3.05, 3.63) is 39.9 Å². The van der Waals surface area contributed by atoms with Gasteiger partial charge in [0.1, 0.15) is 6.04 Å². The van der Waals surface area contributed by atoms with Crippen LogP contribution in [0.2, 0.25) is 0 Å². The lowest BCUT2D eigenvalue weighted by Crippen LogP contribution is -2.44. The van der Waals surface area contributed by atoms with Crippen LogP contribution in [-0.4, -0.2) is 28.1 Å². The number of urea groups is 1. The van der Waals surface area contributed by atoms with E-state index in [4.69, 9.17) is 5.11 Å². The molecule has 0 radical (unpaired) electrons. The first kappa shape index (κ1) is 14.4. The molecule has 0 spiro atoms. The number of nitro benzene ring substituents is 1. The Morgan fingerprint density at radius 1 is 1.42 bits per heavy atom. The van der Waals surface area contributed by atoms with Gasteiger partial charge in [0.2, 0.25) is 0 Å². The molecule has 8 nitrogen and oxygen atoms in total. The average Bonchev–Trinajstić information content (AvgIpc) is 2.36. The van der Waals surface area contributed by atoms with Crippen LogP contribution in [0.1, 0.15) is 12.5 Å². The van der Waals surface area contributed by atoms with Gasteiger partial charge in [-0.2, -0.15) is 0 Å². The van der Waals surface area contributed by atoms with Crippen molar-refractivity contribution in [2.45, 2.75) is 19.5 Å².